The summed E-state index contributed by atoms with van der Waals surface area (Å²) < 4.78 is 18.5. The van der Waals surface area contributed by atoms with E-state index >= 15 is 0 Å². The van der Waals surface area contributed by atoms with Crippen molar-refractivity contribution in [3.8, 4) is 5.75 Å². The third kappa shape index (κ3) is 6.64. The Morgan fingerprint density at radius 2 is 2.07 bits per heavy atom. The number of amides is 2. The highest BCUT2D eigenvalue weighted by molar-refractivity contribution is 6.30. The molecule has 0 aliphatic rings. The molecular weight excluding hydrogens is 387 g/mol. The van der Waals surface area contributed by atoms with E-state index in [1.54, 1.807) is 12.1 Å². The molecule has 0 radical (unpaired) electrons. The van der Waals surface area contributed by atoms with Crippen LogP contribution in [-0.4, -0.2) is 29.9 Å². The van der Waals surface area contributed by atoms with Crippen molar-refractivity contribution in [1.29, 1.82) is 0 Å². The largest absolute Gasteiger partial charge is 0.484 e. The fourth-order valence-corrected chi connectivity index (χ4v) is 2.27. The molecule has 0 saturated heterocycles. The predicted octanol–water partition coefficient (Wildman–Crippen LogP) is 2.16. The first-order valence-electron chi connectivity index (χ1n) is 8.37. The fraction of sp³-hybridized carbons (Fsp3) is 0.211. The summed E-state index contributed by atoms with van der Waals surface area (Å²) in [4.78, 5) is 27.9. The molecule has 2 amide bonds. The lowest BCUT2D eigenvalue weighted by Crippen LogP contribution is -2.31. The number of pyridine rings is 1. The smallest absolute Gasteiger partial charge is 0.269 e. The molecule has 28 heavy (non-hydrogen) atoms. The van der Waals surface area contributed by atoms with Crippen molar-refractivity contribution in [3.63, 3.8) is 0 Å². The summed E-state index contributed by atoms with van der Waals surface area (Å²) >= 11 is 5.58. The van der Waals surface area contributed by atoms with Gasteiger partial charge in [-0.2, -0.15) is 0 Å². The number of halogens is 2. The van der Waals surface area contributed by atoms with E-state index in [4.69, 9.17) is 22.1 Å². The summed E-state index contributed by atoms with van der Waals surface area (Å²) in [7, 11) is 0. The Balaban J connectivity index is 1.70. The number of aromatic nitrogens is 1. The van der Waals surface area contributed by atoms with E-state index in [0.717, 1.165) is 11.6 Å². The monoisotopic (exact) mass is 406 g/mol. The zero-order valence-electron chi connectivity index (χ0n) is 15.0. The Morgan fingerprint density at radius 3 is 2.79 bits per heavy atom. The van der Waals surface area contributed by atoms with Gasteiger partial charge < -0.3 is 21.1 Å². The Labute approximate surface area is 166 Å². The van der Waals surface area contributed by atoms with E-state index in [-0.39, 0.29) is 35.5 Å². The SMILES string of the molecule is C=C(CCNC(=O)c1cc(CN)ccn1)NC(=O)COc1ccc(Cl)c(F)c1. The highest BCUT2D eigenvalue weighted by Crippen LogP contribution is 2.20. The lowest BCUT2D eigenvalue weighted by Gasteiger charge is -2.11. The van der Waals surface area contributed by atoms with E-state index < -0.39 is 11.7 Å². The molecule has 0 atom stereocenters. The zero-order valence-corrected chi connectivity index (χ0v) is 15.8. The second-order valence-electron chi connectivity index (χ2n) is 5.78. The molecule has 0 bridgehead atoms. The van der Waals surface area contributed by atoms with Gasteiger partial charge in [-0.05, 0) is 29.8 Å². The van der Waals surface area contributed by atoms with Gasteiger partial charge in [-0.25, -0.2) is 4.39 Å². The number of benzene rings is 1. The number of hydrogen-bond donors (Lipinski definition) is 3. The molecule has 9 heteroatoms. The molecule has 7 nitrogen and oxygen atoms in total. The van der Waals surface area contributed by atoms with Crippen molar-refractivity contribution in [2.75, 3.05) is 13.2 Å². The lowest BCUT2D eigenvalue weighted by atomic mass is 10.2. The summed E-state index contributed by atoms with van der Waals surface area (Å²) in [6, 6.07) is 7.23. The molecule has 0 spiro atoms. The molecule has 1 heterocycles. The summed E-state index contributed by atoms with van der Waals surface area (Å²) in [5.41, 5.74) is 7.01. The van der Waals surface area contributed by atoms with E-state index in [1.807, 2.05) is 0 Å². The molecule has 1 aromatic heterocycles. The maximum absolute atomic E-state index is 13.3. The Hall–Kier alpha value is -2.97. The van der Waals surface area contributed by atoms with Crippen molar-refractivity contribution in [3.05, 3.63) is 70.9 Å². The van der Waals surface area contributed by atoms with Crippen molar-refractivity contribution in [2.45, 2.75) is 13.0 Å². The first kappa shape index (κ1) is 21.3. The molecule has 148 valence electrons. The van der Waals surface area contributed by atoms with E-state index in [2.05, 4.69) is 22.2 Å². The number of nitrogens with zero attached hydrogens (tertiary/aromatic N) is 1. The van der Waals surface area contributed by atoms with Gasteiger partial charge in [0.1, 0.15) is 17.3 Å². The van der Waals surface area contributed by atoms with Crippen LogP contribution < -0.4 is 21.1 Å². The summed E-state index contributed by atoms with van der Waals surface area (Å²) in [5, 5.41) is 5.20. The van der Waals surface area contributed by atoms with Crippen LogP contribution in [0.3, 0.4) is 0 Å². The van der Waals surface area contributed by atoms with Gasteiger partial charge in [-0.15, -0.1) is 0 Å². The second kappa shape index (κ2) is 10.4. The molecule has 0 aliphatic carbocycles. The fourth-order valence-electron chi connectivity index (χ4n) is 2.15. The number of rotatable bonds is 9. The van der Waals surface area contributed by atoms with Gasteiger partial charge >= 0.3 is 0 Å². The van der Waals surface area contributed by atoms with Crippen LogP contribution in [0.1, 0.15) is 22.5 Å². The van der Waals surface area contributed by atoms with Gasteiger partial charge in [0, 0.05) is 37.5 Å². The number of hydrogen-bond acceptors (Lipinski definition) is 5. The second-order valence-corrected chi connectivity index (χ2v) is 6.18. The van der Waals surface area contributed by atoms with Crippen LogP contribution in [0.4, 0.5) is 4.39 Å². The van der Waals surface area contributed by atoms with Crippen LogP contribution >= 0.6 is 11.6 Å². The highest BCUT2D eigenvalue weighted by Gasteiger charge is 2.09. The Bertz CT molecular complexity index is 876. The third-order valence-corrected chi connectivity index (χ3v) is 3.89. The number of nitrogens with one attached hydrogen (secondary N) is 2. The number of carbonyl (C=O) groups excluding carboxylic acids is 2. The van der Waals surface area contributed by atoms with Crippen molar-refractivity contribution >= 4 is 23.4 Å². The normalized spacial score (nSPS) is 10.2. The minimum absolute atomic E-state index is 0.0304. The van der Waals surface area contributed by atoms with Crippen LogP contribution in [0.2, 0.25) is 5.02 Å². The topological polar surface area (TPSA) is 106 Å². The van der Waals surface area contributed by atoms with E-state index in [0.29, 0.717) is 18.7 Å². The highest BCUT2D eigenvalue weighted by atomic mass is 35.5. The zero-order chi connectivity index (χ0) is 20.5. The summed E-state index contributed by atoms with van der Waals surface area (Å²) in [6.07, 6.45) is 1.84. The molecule has 0 fully saturated rings. The average Bonchev–Trinajstić information content (AvgIpc) is 2.68. The van der Waals surface area contributed by atoms with Crippen LogP contribution in [0, 0.1) is 5.82 Å². The summed E-state index contributed by atoms with van der Waals surface area (Å²) in [6.45, 7) is 3.98. The molecule has 0 aliphatic heterocycles. The van der Waals surface area contributed by atoms with Crippen molar-refractivity contribution < 1.29 is 18.7 Å². The first-order chi connectivity index (χ1) is 13.4. The van der Waals surface area contributed by atoms with E-state index in [1.165, 1.54) is 18.3 Å². The molecule has 2 aromatic rings. The number of carbonyl (C=O) groups is 2. The molecule has 2 rings (SSSR count). The Morgan fingerprint density at radius 1 is 1.29 bits per heavy atom. The van der Waals surface area contributed by atoms with Gasteiger partial charge in [-0.3, -0.25) is 14.6 Å². The number of nitrogens with two attached hydrogens (primary N) is 1. The van der Waals surface area contributed by atoms with Crippen LogP contribution in [0.15, 0.2) is 48.8 Å². The van der Waals surface area contributed by atoms with E-state index in [9.17, 15) is 14.0 Å². The summed E-state index contributed by atoms with van der Waals surface area (Å²) in [5.74, 6) is -1.25. The minimum atomic E-state index is -0.633. The third-order valence-electron chi connectivity index (χ3n) is 3.58. The predicted molar refractivity (Wildman–Crippen MR) is 103 cm³/mol. The number of ether oxygens (including phenoxy) is 1. The van der Waals surface area contributed by atoms with Crippen LogP contribution in [0.5, 0.6) is 5.75 Å². The lowest BCUT2D eigenvalue weighted by molar-refractivity contribution is -0.122. The molecule has 0 unspecified atom stereocenters. The minimum Gasteiger partial charge on any atom is -0.484 e. The van der Waals surface area contributed by atoms with Crippen molar-refractivity contribution in [2.24, 2.45) is 5.73 Å². The molecular formula is C19H20ClFN4O3. The molecule has 4 N–H and O–H groups in total. The maximum Gasteiger partial charge on any atom is 0.269 e. The van der Waals surface area contributed by atoms with Gasteiger partial charge in [0.2, 0.25) is 0 Å². The van der Waals surface area contributed by atoms with Crippen LogP contribution in [-0.2, 0) is 11.3 Å². The van der Waals surface area contributed by atoms with Crippen molar-refractivity contribution in [1.82, 2.24) is 15.6 Å². The van der Waals surface area contributed by atoms with Gasteiger partial charge in [0.05, 0.1) is 5.02 Å². The molecule has 1 aromatic carbocycles. The van der Waals surface area contributed by atoms with Crippen LogP contribution in [0.25, 0.3) is 0 Å². The first-order valence-corrected chi connectivity index (χ1v) is 8.75. The molecule has 0 saturated carbocycles. The maximum atomic E-state index is 13.3. The average molecular weight is 407 g/mol. The van der Waals surface area contributed by atoms with Gasteiger partial charge in [0.25, 0.3) is 11.8 Å². The van der Waals surface area contributed by atoms with Gasteiger partial charge in [0.15, 0.2) is 6.61 Å². The quantitative estimate of drug-likeness (QED) is 0.591. The Kier molecular flexibility index (Phi) is 7.91. The van der Waals surface area contributed by atoms with Gasteiger partial charge in [-0.1, -0.05) is 18.2 Å². The standard InChI is InChI=1S/C19H20ClFN4O3/c1-12(4-6-24-19(27)17-8-13(10-22)5-7-23-17)25-18(26)11-28-14-2-3-15(20)16(21)9-14/h2-3,5,7-9H,1,4,6,10-11,22H2,(H,24,27)(H,25,26).